The van der Waals surface area contributed by atoms with Gasteiger partial charge in [0.2, 0.25) is 0 Å². The van der Waals surface area contributed by atoms with Gasteiger partial charge in [-0.2, -0.15) is 5.10 Å². The minimum atomic E-state index is 0.285. The van der Waals surface area contributed by atoms with Gasteiger partial charge in [-0.05, 0) is 25.7 Å². The maximum Gasteiger partial charge on any atom is 0.320 e. The molecule has 0 saturated carbocycles. The van der Waals surface area contributed by atoms with Gasteiger partial charge < -0.3 is 9.80 Å². The first-order valence-electron chi connectivity index (χ1n) is 8.49. The summed E-state index contributed by atoms with van der Waals surface area (Å²) < 4.78 is 1.86. The number of aryl methyl sites for hydroxylation is 1. The number of likely N-dealkylation sites (tertiary alicyclic amines) is 3. The number of carbonyl (C=O) groups is 1. The van der Waals surface area contributed by atoms with Gasteiger partial charge in [-0.1, -0.05) is 0 Å². The minimum absolute atomic E-state index is 0.285. The van der Waals surface area contributed by atoms with Crippen molar-refractivity contribution in [1.82, 2.24) is 24.5 Å². The van der Waals surface area contributed by atoms with Gasteiger partial charge in [0.1, 0.15) is 0 Å². The average Bonchev–Trinajstić information content (AvgIpc) is 3.24. The first kappa shape index (κ1) is 14.1. The largest absolute Gasteiger partial charge is 0.325 e. The standard InChI is InChI=1S/C16H25N5O/c1-18-11-13(10-17-18)12-20-8-4-15-14(20)5-9-21(15)16(22)19-6-2-3-7-19/h10-11,14-15H,2-9,12H2,1H3/t14-,15+/m0/s1. The van der Waals surface area contributed by atoms with Crippen LogP contribution in [0.3, 0.4) is 0 Å². The van der Waals surface area contributed by atoms with Crippen molar-refractivity contribution >= 4 is 6.03 Å². The van der Waals surface area contributed by atoms with Crippen LogP contribution in [-0.4, -0.2) is 68.8 Å². The van der Waals surface area contributed by atoms with Crippen molar-refractivity contribution in [2.75, 3.05) is 26.2 Å². The van der Waals surface area contributed by atoms with E-state index in [2.05, 4.69) is 21.1 Å². The summed E-state index contributed by atoms with van der Waals surface area (Å²) in [5, 5.41) is 4.26. The zero-order valence-electron chi connectivity index (χ0n) is 13.3. The molecule has 4 heterocycles. The van der Waals surface area contributed by atoms with Crippen molar-refractivity contribution in [3.8, 4) is 0 Å². The molecule has 2 amide bonds. The van der Waals surface area contributed by atoms with Crippen LogP contribution >= 0.6 is 0 Å². The molecule has 0 N–H and O–H groups in total. The third-order valence-electron chi connectivity index (χ3n) is 5.46. The highest BCUT2D eigenvalue weighted by atomic mass is 16.2. The van der Waals surface area contributed by atoms with Gasteiger partial charge in [0.15, 0.2) is 0 Å². The molecule has 0 spiro atoms. The molecule has 0 aromatic carbocycles. The van der Waals surface area contributed by atoms with E-state index in [4.69, 9.17) is 0 Å². The number of hydrogen-bond acceptors (Lipinski definition) is 3. The van der Waals surface area contributed by atoms with Crippen LogP contribution in [0.25, 0.3) is 0 Å². The summed E-state index contributed by atoms with van der Waals surface area (Å²) in [6.45, 7) is 4.88. The SMILES string of the molecule is Cn1cc(CN2CC[C@@H]3[C@@H]2CCN3C(=O)N2CCCC2)cn1. The van der Waals surface area contributed by atoms with Crippen LogP contribution in [-0.2, 0) is 13.6 Å². The number of nitrogens with zero attached hydrogens (tertiary/aromatic N) is 5. The van der Waals surface area contributed by atoms with Crippen molar-refractivity contribution in [2.24, 2.45) is 7.05 Å². The first-order valence-corrected chi connectivity index (χ1v) is 8.49. The number of amides is 2. The van der Waals surface area contributed by atoms with Gasteiger partial charge in [0.25, 0.3) is 0 Å². The molecule has 0 unspecified atom stereocenters. The number of rotatable bonds is 2. The lowest BCUT2D eigenvalue weighted by Gasteiger charge is -2.29. The maximum absolute atomic E-state index is 12.7. The van der Waals surface area contributed by atoms with Crippen molar-refractivity contribution in [1.29, 1.82) is 0 Å². The maximum atomic E-state index is 12.7. The zero-order valence-corrected chi connectivity index (χ0v) is 13.3. The molecule has 3 aliphatic rings. The lowest BCUT2D eigenvalue weighted by Crippen LogP contribution is -2.45. The van der Waals surface area contributed by atoms with Crippen LogP contribution in [0.2, 0.25) is 0 Å². The van der Waals surface area contributed by atoms with Gasteiger partial charge in [0, 0.05) is 57.6 Å². The van der Waals surface area contributed by atoms with Gasteiger partial charge in [0.05, 0.1) is 12.2 Å². The van der Waals surface area contributed by atoms with Crippen LogP contribution in [0, 0.1) is 0 Å². The quantitative estimate of drug-likeness (QED) is 0.827. The van der Waals surface area contributed by atoms with Crippen LogP contribution in [0.5, 0.6) is 0 Å². The summed E-state index contributed by atoms with van der Waals surface area (Å²) in [5.41, 5.74) is 1.27. The molecular formula is C16H25N5O. The molecule has 6 heteroatoms. The van der Waals surface area contributed by atoms with Crippen LogP contribution in [0.15, 0.2) is 12.4 Å². The second-order valence-corrected chi connectivity index (χ2v) is 6.87. The van der Waals surface area contributed by atoms with Crippen molar-refractivity contribution in [3.05, 3.63) is 18.0 Å². The lowest BCUT2D eigenvalue weighted by molar-refractivity contribution is 0.154. The third kappa shape index (κ3) is 2.39. The van der Waals surface area contributed by atoms with Crippen molar-refractivity contribution in [2.45, 2.75) is 44.3 Å². The monoisotopic (exact) mass is 303 g/mol. The fraction of sp³-hybridized carbons (Fsp3) is 0.750. The Morgan fingerprint density at radius 2 is 1.95 bits per heavy atom. The molecule has 3 saturated heterocycles. The first-order chi connectivity index (χ1) is 10.7. The second kappa shape index (κ2) is 5.57. The highest BCUT2D eigenvalue weighted by Crippen LogP contribution is 2.33. The smallest absolute Gasteiger partial charge is 0.320 e. The van der Waals surface area contributed by atoms with Crippen molar-refractivity contribution < 1.29 is 4.79 Å². The fourth-order valence-corrected chi connectivity index (χ4v) is 4.39. The molecule has 6 nitrogen and oxygen atoms in total. The molecule has 0 aliphatic carbocycles. The Morgan fingerprint density at radius 1 is 1.18 bits per heavy atom. The summed E-state index contributed by atoms with van der Waals surface area (Å²) in [7, 11) is 1.96. The number of carbonyl (C=O) groups excluding carboxylic acids is 1. The van der Waals surface area contributed by atoms with E-state index in [0.29, 0.717) is 12.1 Å². The Morgan fingerprint density at radius 3 is 2.68 bits per heavy atom. The van der Waals surface area contributed by atoms with Gasteiger partial charge in [-0.25, -0.2) is 4.79 Å². The summed E-state index contributed by atoms with van der Waals surface area (Å²) in [5.74, 6) is 0. The van der Waals surface area contributed by atoms with Crippen LogP contribution < -0.4 is 0 Å². The Bertz CT molecular complexity index is 550. The van der Waals surface area contributed by atoms with E-state index < -0.39 is 0 Å². The lowest BCUT2D eigenvalue weighted by atomic mass is 10.1. The van der Waals surface area contributed by atoms with E-state index in [1.54, 1.807) is 0 Å². The fourth-order valence-electron chi connectivity index (χ4n) is 4.39. The number of urea groups is 1. The molecule has 4 rings (SSSR count). The minimum Gasteiger partial charge on any atom is -0.325 e. The number of hydrogen-bond donors (Lipinski definition) is 0. The topological polar surface area (TPSA) is 44.6 Å². The summed E-state index contributed by atoms with van der Waals surface area (Å²) in [6, 6.07) is 1.24. The summed E-state index contributed by atoms with van der Waals surface area (Å²) in [4.78, 5) is 19.4. The van der Waals surface area contributed by atoms with Crippen LogP contribution in [0.4, 0.5) is 4.79 Å². The number of fused-ring (bicyclic) bond motifs is 1. The molecule has 0 radical (unpaired) electrons. The predicted molar refractivity (Wildman–Crippen MR) is 83.3 cm³/mol. The molecule has 2 atom stereocenters. The summed E-state index contributed by atoms with van der Waals surface area (Å²) in [6.07, 6.45) is 8.61. The molecule has 120 valence electrons. The molecule has 22 heavy (non-hydrogen) atoms. The number of aromatic nitrogens is 2. The van der Waals surface area contributed by atoms with Crippen molar-refractivity contribution in [3.63, 3.8) is 0 Å². The van der Waals surface area contributed by atoms with E-state index >= 15 is 0 Å². The molecule has 1 aromatic heterocycles. The highest BCUT2D eigenvalue weighted by molar-refractivity contribution is 5.75. The second-order valence-electron chi connectivity index (χ2n) is 6.87. The predicted octanol–water partition coefficient (Wildman–Crippen LogP) is 1.28. The molecule has 3 aliphatic heterocycles. The normalized spacial score (nSPS) is 28.6. The Balaban J connectivity index is 1.41. The van der Waals surface area contributed by atoms with Crippen LogP contribution in [0.1, 0.15) is 31.2 Å². The molecule has 3 fully saturated rings. The zero-order chi connectivity index (χ0) is 15.1. The average molecular weight is 303 g/mol. The molecule has 0 bridgehead atoms. The summed E-state index contributed by atoms with van der Waals surface area (Å²) >= 11 is 0. The Labute approximate surface area is 131 Å². The molecular weight excluding hydrogens is 278 g/mol. The third-order valence-corrected chi connectivity index (χ3v) is 5.46. The van der Waals surface area contributed by atoms with Gasteiger partial charge in [-0.15, -0.1) is 0 Å². The Hall–Kier alpha value is -1.56. The Kier molecular flexibility index (Phi) is 3.56. The van der Waals surface area contributed by atoms with E-state index in [0.717, 1.165) is 45.6 Å². The van der Waals surface area contributed by atoms with E-state index in [1.807, 2.05) is 22.8 Å². The van der Waals surface area contributed by atoms with Gasteiger partial charge >= 0.3 is 6.03 Å². The van der Waals surface area contributed by atoms with E-state index in [1.165, 1.54) is 18.4 Å². The highest BCUT2D eigenvalue weighted by Gasteiger charge is 2.45. The molecule has 1 aromatic rings. The van der Waals surface area contributed by atoms with E-state index in [-0.39, 0.29) is 6.03 Å². The van der Waals surface area contributed by atoms with E-state index in [9.17, 15) is 4.79 Å². The van der Waals surface area contributed by atoms with Gasteiger partial charge in [-0.3, -0.25) is 9.58 Å².